The largest absolute Gasteiger partial charge is 0.351 e. The molecule has 2 aliphatic heterocycles. The molecule has 0 aromatic heterocycles. The molecule has 8 N–H and O–H groups in total. The van der Waals surface area contributed by atoms with Gasteiger partial charge in [-0.05, 0) is 124 Å². The van der Waals surface area contributed by atoms with Gasteiger partial charge in [-0.2, -0.15) is 0 Å². The number of likely N-dealkylation sites (N-methyl/N-ethyl adjacent to an activating group) is 2. The molecule has 2 heterocycles. The van der Waals surface area contributed by atoms with E-state index in [0.29, 0.717) is 11.1 Å². The zero-order valence-electron chi connectivity index (χ0n) is 47.3. The van der Waals surface area contributed by atoms with E-state index < -0.39 is 71.0 Å². The first-order valence-electron chi connectivity index (χ1n) is 27.9. The van der Waals surface area contributed by atoms with Crippen LogP contribution in [0.5, 0.6) is 0 Å². The quantitative estimate of drug-likeness (QED) is 0.0922. The number of likely N-dealkylation sites (tertiary alicyclic amines) is 2. The van der Waals surface area contributed by atoms with Crippen LogP contribution in [0.25, 0.3) is 0 Å². The molecular weight excluding hydrogens is 989 g/mol. The highest BCUT2D eigenvalue weighted by Crippen LogP contribution is 2.34. The number of hydrogen-bond acceptors (Lipinski definition) is 10. The van der Waals surface area contributed by atoms with Crippen molar-refractivity contribution in [2.45, 2.75) is 180 Å². The van der Waals surface area contributed by atoms with Crippen molar-refractivity contribution in [3.63, 3.8) is 0 Å². The van der Waals surface area contributed by atoms with Crippen molar-refractivity contribution < 1.29 is 38.4 Å². The molecule has 0 spiro atoms. The number of nitrogens with one attached hydrogen (secondary N) is 8. The van der Waals surface area contributed by atoms with E-state index in [-0.39, 0.29) is 86.3 Å². The second kappa shape index (κ2) is 25.4. The molecule has 0 radical (unpaired) electrons. The molecule has 2 aliphatic carbocycles. The first-order valence-corrected chi connectivity index (χ1v) is 27.9. The third kappa shape index (κ3) is 14.5. The van der Waals surface area contributed by atoms with Gasteiger partial charge in [0.1, 0.15) is 24.2 Å². The number of carbonyl (C=O) groups excluding carboxylic acids is 8. The highest BCUT2D eigenvalue weighted by atomic mass is 16.2. The predicted molar refractivity (Wildman–Crippen MR) is 298 cm³/mol. The molecular formula is C60H84N10O8. The number of amides is 8. The summed E-state index contributed by atoms with van der Waals surface area (Å²) in [7, 11) is 3.32. The van der Waals surface area contributed by atoms with Gasteiger partial charge in [0.2, 0.25) is 47.3 Å². The van der Waals surface area contributed by atoms with Crippen LogP contribution in [0.3, 0.4) is 0 Å². The Kier molecular flexibility index (Phi) is 19.2. The van der Waals surface area contributed by atoms with Crippen LogP contribution < -0.4 is 42.5 Å². The zero-order valence-corrected chi connectivity index (χ0v) is 47.3. The molecule has 3 aromatic carbocycles. The van der Waals surface area contributed by atoms with Crippen LogP contribution in [0.15, 0.2) is 72.8 Å². The van der Waals surface area contributed by atoms with Gasteiger partial charge in [-0.1, -0.05) is 114 Å². The molecule has 0 saturated carbocycles. The molecule has 78 heavy (non-hydrogen) atoms. The van der Waals surface area contributed by atoms with E-state index in [0.717, 1.165) is 49.7 Å². The Balaban J connectivity index is 1.02. The van der Waals surface area contributed by atoms with E-state index in [1.807, 2.05) is 77.9 Å². The molecule has 3 aromatic rings. The van der Waals surface area contributed by atoms with Crippen molar-refractivity contribution in [3.05, 3.63) is 106 Å². The molecule has 422 valence electrons. The maximum absolute atomic E-state index is 14.6. The smallest absolute Gasteiger partial charge is 0.246 e. The maximum atomic E-state index is 14.6. The fourth-order valence-electron chi connectivity index (χ4n) is 11.4. The van der Waals surface area contributed by atoms with Crippen molar-refractivity contribution in [2.75, 3.05) is 27.2 Å². The summed E-state index contributed by atoms with van der Waals surface area (Å²) >= 11 is 0. The first kappa shape index (κ1) is 59.0. The summed E-state index contributed by atoms with van der Waals surface area (Å²) in [6, 6.07) is 16.7. The highest BCUT2D eigenvalue weighted by Gasteiger charge is 2.48. The molecule has 4 aliphatic rings. The van der Waals surface area contributed by atoms with Crippen molar-refractivity contribution in [2.24, 2.45) is 10.8 Å². The van der Waals surface area contributed by atoms with E-state index in [9.17, 15) is 38.4 Å². The second-order valence-corrected chi connectivity index (χ2v) is 24.1. The molecule has 18 nitrogen and oxygen atoms in total. The number of fused-ring (bicyclic) bond motifs is 2. The average Bonchev–Trinajstić information content (AvgIpc) is 4.06. The van der Waals surface area contributed by atoms with E-state index in [1.54, 1.807) is 52.2 Å². The lowest BCUT2D eigenvalue weighted by Crippen LogP contribution is -2.59. The number of aryl methyl sites for hydroxylation is 2. The molecule has 18 heteroatoms. The van der Waals surface area contributed by atoms with Crippen molar-refractivity contribution in [1.82, 2.24) is 52.3 Å². The van der Waals surface area contributed by atoms with Crippen molar-refractivity contribution in [3.8, 4) is 0 Å². The Hall–Kier alpha value is -6.66. The van der Waals surface area contributed by atoms with Gasteiger partial charge < -0.3 is 52.3 Å². The molecule has 8 amide bonds. The number of nitrogens with zero attached hydrogens (tertiary/aromatic N) is 2. The Morgan fingerprint density at radius 3 is 1.29 bits per heavy atom. The van der Waals surface area contributed by atoms with Crippen LogP contribution in [-0.4, -0.2) is 133 Å². The van der Waals surface area contributed by atoms with Gasteiger partial charge in [-0.3, -0.25) is 38.4 Å². The SMILES string of the molecule is CN[C@@H](C)C(=O)N[C@H](C(=O)N1C[C@@H](NC(=O)Cc2cccc(CC(=O)N[C@H]3C[C@@H](C(=O)N[C@@H]4CCCc5ccccc54)N(C(=O)[C@@H](NC(=O)[C@H](C)NC)C(C)(C)C)C3)c2)C[C@H]1C(=O)N[C@@H]1CCCc2ccccc21)C(C)(C)C. The number of hydrogen-bond donors (Lipinski definition) is 8. The number of carbonyl (C=O) groups is 8. The normalized spacial score (nSPS) is 22.6. The standard InChI is InChI=1S/C60H84N10O8/c1-35(61-9)53(73)67-51(59(3,4)5)57(77)69-33-41(31-47(69)55(75)65-45-26-16-22-39-20-11-13-24-43(39)45)63-49(71)29-37-18-15-19-38(28-37)30-50(72)64-42-32-48(56(76)66-46-27-17-23-40-21-12-14-25-44(40)46)70(34-42)58(78)52(60(6,7)8)68-54(74)36(2)62-10/h11-15,18-21,24-25,28,35-36,41-42,45-48,51-52,61-62H,16-17,22-23,26-27,29-34H2,1-10H3,(H,63,71)(H,64,72)(H,65,75)(H,66,76)(H,67,73)(H,68,74)/t35-,36-,41-,42-,45+,46+,47-,48-,51+,52+/m0/s1. The van der Waals surface area contributed by atoms with Gasteiger partial charge >= 0.3 is 0 Å². The van der Waals surface area contributed by atoms with Crippen LogP contribution in [0, 0.1) is 10.8 Å². The fourth-order valence-corrected chi connectivity index (χ4v) is 11.4. The Morgan fingerprint density at radius 1 is 0.538 bits per heavy atom. The van der Waals surface area contributed by atoms with Gasteiger partial charge in [0.25, 0.3) is 0 Å². The van der Waals surface area contributed by atoms with Crippen molar-refractivity contribution in [1.29, 1.82) is 0 Å². The van der Waals surface area contributed by atoms with Gasteiger partial charge in [-0.15, -0.1) is 0 Å². The van der Waals surface area contributed by atoms with E-state index >= 15 is 0 Å². The lowest BCUT2D eigenvalue weighted by Gasteiger charge is -2.36. The lowest BCUT2D eigenvalue weighted by molar-refractivity contribution is -0.144. The van der Waals surface area contributed by atoms with E-state index in [1.165, 1.54) is 20.9 Å². The van der Waals surface area contributed by atoms with E-state index in [4.69, 9.17) is 0 Å². The molecule has 10 atom stereocenters. The third-order valence-electron chi connectivity index (χ3n) is 16.0. The number of benzene rings is 3. The van der Waals surface area contributed by atoms with Crippen LogP contribution in [0.1, 0.15) is 139 Å². The average molecular weight is 1070 g/mol. The first-order chi connectivity index (χ1) is 36.9. The lowest BCUT2D eigenvalue weighted by atomic mass is 9.85. The monoisotopic (exact) mass is 1070 g/mol. The maximum Gasteiger partial charge on any atom is 0.246 e. The molecule has 7 rings (SSSR count). The Labute approximate surface area is 460 Å². The summed E-state index contributed by atoms with van der Waals surface area (Å²) in [6.45, 7) is 14.7. The minimum Gasteiger partial charge on any atom is -0.351 e. The predicted octanol–water partition coefficient (Wildman–Crippen LogP) is 3.61. The van der Waals surface area contributed by atoms with Crippen LogP contribution in [-0.2, 0) is 64.0 Å². The van der Waals surface area contributed by atoms with Crippen LogP contribution in [0.4, 0.5) is 0 Å². The summed E-state index contributed by atoms with van der Waals surface area (Å²) < 4.78 is 0. The van der Waals surface area contributed by atoms with Crippen LogP contribution in [0.2, 0.25) is 0 Å². The summed E-state index contributed by atoms with van der Waals surface area (Å²) in [5.41, 5.74) is 4.31. The summed E-state index contributed by atoms with van der Waals surface area (Å²) in [5.74, 6) is -2.84. The van der Waals surface area contributed by atoms with Crippen LogP contribution >= 0.6 is 0 Å². The fraction of sp³-hybridized carbons (Fsp3) is 0.567. The second-order valence-electron chi connectivity index (χ2n) is 24.1. The van der Waals surface area contributed by atoms with E-state index in [2.05, 4.69) is 54.7 Å². The third-order valence-corrected chi connectivity index (χ3v) is 16.0. The number of rotatable bonds is 18. The molecule has 0 bridgehead atoms. The summed E-state index contributed by atoms with van der Waals surface area (Å²) in [5, 5.41) is 24.3. The van der Waals surface area contributed by atoms with Gasteiger partial charge in [0, 0.05) is 25.2 Å². The Bertz CT molecular complexity index is 2520. The van der Waals surface area contributed by atoms with Gasteiger partial charge in [-0.25, -0.2) is 0 Å². The minimum atomic E-state index is -0.964. The molecule has 0 unspecified atom stereocenters. The zero-order chi connectivity index (χ0) is 56.6. The highest BCUT2D eigenvalue weighted by molar-refractivity contribution is 5.96. The minimum absolute atomic E-state index is 0.0429. The molecule has 2 saturated heterocycles. The van der Waals surface area contributed by atoms with Gasteiger partial charge in [0.05, 0.1) is 37.0 Å². The Morgan fingerprint density at radius 2 is 0.923 bits per heavy atom. The van der Waals surface area contributed by atoms with Crippen molar-refractivity contribution >= 4 is 47.3 Å². The van der Waals surface area contributed by atoms with Gasteiger partial charge in [0.15, 0.2) is 0 Å². The molecule has 2 fully saturated rings. The summed E-state index contributed by atoms with van der Waals surface area (Å²) in [4.78, 5) is 115. The topological polar surface area (TPSA) is 239 Å². The summed E-state index contributed by atoms with van der Waals surface area (Å²) in [6.07, 6.45) is 5.38.